The second-order valence-electron chi connectivity index (χ2n) is 2.93. The zero-order chi connectivity index (χ0) is 14.1. The van der Waals surface area contributed by atoms with Crippen molar-refractivity contribution in [3.63, 3.8) is 0 Å². The first kappa shape index (κ1) is 15.3. The highest BCUT2D eigenvalue weighted by Crippen LogP contribution is 2.11. The number of nitrogens with zero attached hydrogens (tertiary/aromatic N) is 3. The molecule has 0 aliphatic carbocycles. The van der Waals surface area contributed by atoms with Crippen LogP contribution in [-0.2, 0) is 9.59 Å². The van der Waals surface area contributed by atoms with Crippen molar-refractivity contribution in [1.82, 2.24) is 20.2 Å². The normalized spacial score (nSPS) is 8.56. The van der Waals surface area contributed by atoms with E-state index in [2.05, 4.69) is 20.2 Å². The van der Waals surface area contributed by atoms with E-state index >= 15 is 0 Å². The van der Waals surface area contributed by atoms with E-state index in [1.165, 1.54) is 6.33 Å². The number of H-pyrrole nitrogens is 1. The Morgan fingerprint density at radius 2 is 1.72 bits per heavy atom. The zero-order valence-electron chi connectivity index (χ0n) is 9.78. The molecular formula is C9H13N5O4. The number of aromatic amines is 1. The SMILES string of the molecule is CC(=O)O.CC(=O)O.Nc1ncnc2[nH]ncc12. The Labute approximate surface area is 102 Å². The molecule has 2 heterocycles. The Bertz CT molecular complexity index is 504. The maximum atomic E-state index is 9.00. The van der Waals surface area contributed by atoms with Crippen molar-refractivity contribution in [1.29, 1.82) is 0 Å². The van der Waals surface area contributed by atoms with Gasteiger partial charge in [0.25, 0.3) is 11.9 Å². The number of nitrogens with two attached hydrogens (primary N) is 1. The number of nitrogens with one attached hydrogen (secondary N) is 1. The summed E-state index contributed by atoms with van der Waals surface area (Å²) >= 11 is 0. The van der Waals surface area contributed by atoms with Gasteiger partial charge in [-0.1, -0.05) is 0 Å². The molecule has 0 atom stereocenters. The molecule has 0 amide bonds. The molecule has 2 aromatic heterocycles. The summed E-state index contributed by atoms with van der Waals surface area (Å²) in [5.41, 5.74) is 6.16. The highest BCUT2D eigenvalue weighted by atomic mass is 16.4. The summed E-state index contributed by atoms with van der Waals surface area (Å²) in [5, 5.41) is 22.0. The average Bonchev–Trinajstić information content (AvgIpc) is 2.65. The molecule has 0 aliphatic rings. The van der Waals surface area contributed by atoms with Crippen LogP contribution in [0.25, 0.3) is 11.0 Å². The molecule has 0 bridgehead atoms. The lowest BCUT2D eigenvalue weighted by molar-refractivity contribution is -0.135. The summed E-state index contributed by atoms with van der Waals surface area (Å²) < 4.78 is 0. The van der Waals surface area contributed by atoms with E-state index in [-0.39, 0.29) is 0 Å². The Morgan fingerprint density at radius 1 is 1.22 bits per heavy atom. The van der Waals surface area contributed by atoms with Gasteiger partial charge < -0.3 is 15.9 Å². The fourth-order valence-corrected chi connectivity index (χ4v) is 0.784. The summed E-state index contributed by atoms with van der Waals surface area (Å²) in [4.78, 5) is 25.7. The van der Waals surface area contributed by atoms with Crippen LogP contribution in [-0.4, -0.2) is 42.3 Å². The Kier molecular flexibility index (Phi) is 6.41. The molecule has 5 N–H and O–H groups in total. The standard InChI is InChI=1S/C5H5N5.2C2H4O2/c6-4-3-1-9-10-5(3)8-2-7-4;2*1-2(3)4/h1-2H,(H3,6,7,8,9,10);2*1H3,(H,3,4). The number of carboxylic acid groups (broad SMARTS) is 2. The van der Waals surface area contributed by atoms with Gasteiger partial charge in [0, 0.05) is 13.8 Å². The second kappa shape index (κ2) is 7.54. The van der Waals surface area contributed by atoms with Crippen LogP contribution in [0.15, 0.2) is 12.5 Å². The zero-order valence-corrected chi connectivity index (χ0v) is 9.78. The van der Waals surface area contributed by atoms with E-state index in [9.17, 15) is 0 Å². The number of rotatable bonds is 0. The van der Waals surface area contributed by atoms with Gasteiger partial charge in [-0.2, -0.15) is 5.10 Å². The fourth-order valence-electron chi connectivity index (χ4n) is 0.784. The quantitative estimate of drug-likeness (QED) is 0.517. The number of carbonyl (C=O) groups is 2. The smallest absolute Gasteiger partial charge is 0.300 e. The van der Waals surface area contributed by atoms with Crippen LogP contribution in [0.3, 0.4) is 0 Å². The fraction of sp³-hybridized carbons (Fsp3) is 0.222. The minimum Gasteiger partial charge on any atom is -0.481 e. The van der Waals surface area contributed by atoms with E-state index < -0.39 is 11.9 Å². The first-order valence-electron chi connectivity index (χ1n) is 4.63. The van der Waals surface area contributed by atoms with Crippen molar-refractivity contribution < 1.29 is 19.8 Å². The highest BCUT2D eigenvalue weighted by molar-refractivity contribution is 5.83. The van der Waals surface area contributed by atoms with Crippen molar-refractivity contribution in [3.8, 4) is 0 Å². The van der Waals surface area contributed by atoms with E-state index in [1.807, 2.05) is 0 Å². The second-order valence-corrected chi connectivity index (χ2v) is 2.93. The number of hydrogen-bond acceptors (Lipinski definition) is 6. The summed E-state index contributed by atoms with van der Waals surface area (Å²) in [6.07, 6.45) is 3.00. The van der Waals surface area contributed by atoms with Crippen molar-refractivity contribution in [2.45, 2.75) is 13.8 Å². The summed E-state index contributed by atoms with van der Waals surface area (Å²) in [5.74, 6) is -1.21. The van der Waals surface area contributed by atoms with Crippen molar-refractivity contribution in [2.24, 2.45) is 0 Å². The molecule has 18 heavy (non-hydrogen) atoms. The first-order chi connectivity index (χ1) is 8.34. The van der Waals surface area contributed by atoms with E-state index in [1.54, 1.807) is 6.20 Å². The van der Waals surface area contributed by atoms with Gasteiger partial charge in [0.2, 0.25) is 0 Å². The van der Waals surface area contributed by atoms with Gasteiger partial charge in [-0.05, 0) is 0 Å². The number of hydrogen-bond donors (Lipinski definition) is 4. The topological polar surface area (TPSA) is 155 Å². The number of anilines is 1. The van der Waals surface area contributed by atoms with E-state index in [4.69, 9.17) is 25.5 Å². The molecule has 98 valence electrons. The highest BCUT2D eigenvalue weighted by Gasteiger charge is 1.98. The molecule has 0 fully saturated rings. The van der Waals surface area contributed by atoms with Crippen molar-refractivity contribution in [2.75, 3.05) is 5.73 Å². The van der Waals surface area contributed by atoms with Crippen molar-refractivity contribution in [3.05, 3.63) is 12.5 Å². The third kappa shape index (κ3) is 6.71. The average molecular weight is 255 g/mol. The predicted octanol–water partition coefficient (Wildman–Crippen LogP) is 0.117. The molecule has 9 nitrogen and oxygen atoms in total. The van der Waals surface area contributed by atoms with E-state index in [0.717, 1.165) is 19.2 Å². The molecule has 2 rings (SSSR count). The van der Waals surface area contributed by atoms with Gasteiger partial charge in [-0.25, -0.2) is 9.97 Å². The predicted molar refractivity (Wildman–Crippen MR) is 62.7 cm³/mol. The largest absolute Gasteiger partial charge is 0.481 e. The number of carboxylic acids is 2. The molecule has 0 radical (unpaired) electrons. The molecule has 0 aromatic carbocycles. The monoisotopic (exact) mass is 255 g/mol. The van der Waals surface area contributed by atoms with Crippen molar-refractivity contribution >= 4 is 28.8 Å². The molecule has 0 spiro atoms. The summed E-state index contributed by atoms with van der Waals surface area (Å²) in [7, 11) is 0. The lowest BCUT2D eigenvalue weighted by atomic mass is 10.4. The lowest BCUT2D eigenvalue weighted by Gasteiger charge is -1.89. The van der Waals surface area contributed by atoms with E-state index in [0.29, 0.717) is 11.5 Å². The maximum absolute atomic E-state index is 9.00. The van der Waals surface area contributed by atoms with Crippen LogP contribution in [0, 0.1) is 0 Å². The number of fused-ring (bicyclic) bond motifs is 1. The Morgan fingerprint density at radius 3 is 2.17 bits per heavy atom. The molecule has 0 saturated heterocycles. The van der Waals surface area contributed by atoms with Crippen LogP contribution >= 0.6 is 0 Å². The number of nitrogen functional groups attached to an aromatic ring is 1. The number of aliphatic carboxylic acids is 2. The molecule has 2 aromatic rings. The minimum atomic E-state index is -0.833. The number of aromatic nitrogens is 4. The molecule has 0 unspecified atom stereocenters. The molecular weight excluding hydrogens is 242 g/mol. The summed E-state index contributed by atoms with van der Waals surface area (Å²) in [6.45, 7) is 2.17. The van der Waals surface area contributed by atoms with Gasteiger partial charge >= 0.3 is 0 Å². The van der Waals surface area contributed by atoms with Gasteiger partial charge in [0.05, 0.1) is 11.6 Å². The van der Waals surface area contributed by atoms with Gasteiger partial charge in [-0.15, -0.1) is 0 Å². The molecule has 9 heteroatoms. The summed E-state index contributed by atoms with van der Waals surface area (Å²) in [6, 6.07) is 0. The maximum Gasteiger partial charge on any atom is 0.300 e. The van der Waals surface area contributed by atoms with Crippen LogP contribution in [0.1, 0.15) is 13.8 Å². The van der Waals surface area contributed by atoms with Crippen LogP contribution in [0.5, 0.6) is 0 Å². The van der Waals surface area contributed by atoms with Crippen LogP contribution in [0.2, 0.25) is 0 Å². The lowest BCUT2D eigenvalue weighted by Crippen LogP contribution is -1.90. The first-order valence-corrected chi connectivity index (χ1v) is 4.63. The van der Waals surface area contributed by atoms with Gasteiger partial charge in [0.15, 0.2) is 5.65 Å². The van der Waals surface area contributed by atoms with Gasteiger partial charge in [0.1, 0.15) is 12.1 Å². The minimum absolute atomic E-state index is 0.457. The van der Waals surface area contributed by atoms with Crippen LogP contribution < -0.4 is 5.73 Å². The Balaban J connectivity index is 0.000000307. The third-order valence-corrected chi connectivity index (χ3v) is 1.28. The molecule has 0 saturated carbocycles. The molecule has 0 aliphatic heterocycles. The van der Waals surface area contributed by atoms with Gasteiger partial charge in [-0.3, -0.25) is 14.7 Å². The Hall–Kier alpha value is -2.71. The third-order valence-electron chi connectivity index (χ3n) is 1.28. The van der Waals surface area contributed by atoms with Crippen LogP contribution in [0.4, 0.5) is 5.82 Å².